The number of carbonyl (C=O) groups excluding carboxylic acids is 15. The van der Waals surface area contributed by atoms with Gasteiger partial charge in [-0.05, 0) is 120 Å². The average molecular weight is 1570 g/mol. The van der Waals surface area contributed by atoms with Gasteiger partial charge in [0.1, 0.15) is 85.1 Å². The molecule has 0 aliphatic carbocycles. The van der Waals surface area contributed by atoms with Gasteiger partial charge in [0.05, 0.1) is 25.7 Å². The van der Waals surface area contributed by atoms with Gasteiger partial charge >= 0.3 is 11.9 Å². The van der Waals surface area contributed by atoms with Gasteiger partial charge in [0, 0.05) is 13.0 Å². The second-order valence-electron chi connectivity index (χ2n) is 29.4. The van der Waals surface area contributed by atoms with Crippen molar-refractivity contribution >= 4 is 107 Å². The van der Waals surface area contributed by atoms with Crippen molar-refractivity contribution in [1.29, 1.82) is 0 Å². The van der Waals surface area contributed by atoms with Crippen LogP contribution in [0.2, 0.25) is 0 Å². The number of aliphatic carboxylic acids is 2. The molecule has 0 saturated carbocycles. The minimum absolute atomic E-state index is 0.0177. The molecule has 0 radical (unpaired) electrons. The first-order valence-electron chi connectivity index (χ1n) is 36.9. The maximum absolute atomic E-state index is 14.5. The van der Waals surface area contributed by atoms with Crippen LogP contribution in [0.25, 0.3) is 0 Å². The molecule has 0 rings (SSSR count). The quantitative estimate of drug-likeness (QED) is 0.0153. The molecule has 0 fully saturated rings. The van der Waals surface area contributed by atoms with Gasteiger partial charge in [-0.1, -0.05) is 83.1 Å². The van der Waals surface area contributed by atoms with E-state index in [9.17, 15) is 91.7 Å². The van der Waals surface area contributed by atoms with Crippen molar-refractivity contribution in [3.05, 3.63) is 0 Å². The van der Waals surface area contributed by atoms with Gasteiger partial charge < -0.3 is 124 Å². The number of rotatable bonds is 54. The molecule has 0 saturated heterocycles. The number of guanidine groups is 1. The minimum Gasteiger partial charge on any atom is -0.481 e. The van der Waals surface area contributed by atoms with Crippen molar-refractivity contribution in [3.63, 3.8) is 0 Å². The number of amides is 15. The van der Waals surface area contributed by atoms with Crippen molar-refractivity contribution in [1.82, 2.24) is 74.4 Å². The lowest BCUT2D eigenvalue weighted by Gasteiger charge is -2.30. The maximum Gasteiger partial charge on any atom is 0.322 e. The van der Waals surface area contributed by atoms with Gasteiger partial charge in [-0.25, -0.2) is 0 Å². The highest BCUT2D eigenvalue weighted by Crippen LogP contribution is 2.16. The van der Waals surface area contributed by atoms with Crippen LogP contribution in [0.5, 0.6) is 0 Å². The number of aliphatic imine (C=N–C) groups is 1. The maximum atomic E-state index is 14.5. The highest BCUT2D eigenvalue weighted by atomic mass is 16.4. The summed E-state index contributed by atoms with van der Waals surface area (Å²) >= 11 is 0. The van der Waals surface area contributed by atoms with Gasteiger partial charge in [-0.3, -0.25) is 86.5 Å². The number of nitrogens with zero attached hydrogens (tertiary/aromatic N) is 1. The molecule has 28 N–H and O–H groups in total. The summed E-state index contributed by atoms with van der Waals surface area (Å²) in [4.78, 5) is 233. The molecule has 0 spiro atoms. The van der Waals surface area contributed by atoms with E-state index in [1.807, 2.05) is 0 Å². The van der Waals surface area contributed by atoms with Crippen LogP contribution in [0, 0.1) is 35.5 Å². The molecular formula is C69H124N20O21. The SMILES string of the molecule is CC(C)C[C@H](NC(=O)[C@H](C)NC(=O)[C@H](CCC(=O)O)NC(=O)CN)C(=O)N[C@@H](CO)C(=O)N[C@H](C(=O)N[C@@H](CC(C)C)C(=O)N[C@H](C(=O)N[C@@H](CC(C)C)C(=O)N[C@@H](CC(N)=O)C(=O)N[C@@H](CCCN=C(N)N)C(=O)N[C@@H](CC(C)C)C(=O)N[C@@H](CCCCN)C(=O)N[C@H](C(=O)NCC(=O)O)C(C)C)C(C)C)[C@@H](C)O. The summed E-state index contributed by atoms with van der Waals surface area (Å²) < 4.78 is 0. The van der Waals surface area contributed by atoms with Crippen LogP contribution in [-0.4, -0.2) is 244 Å². The summed E-state index contributed by atoms with van der Waals surface area (Å²) in [6.07, 6.45) is -3.26. The number of nitrogens with two attached hydrogens (primary N) is 5. The standard InChI is InChI=1S/C69H124N20O21/c1-32(2)24-43(81-56(98)38(13)77-57(99)42(20-21-51(94)95)78-50(93)29-71)62(104)86-48(31-90)65(107)89-55(39(14)91)68(110)85-46(27-35(7)8)64(106)88-54(37(11)12)67(109)84-45(26-34(5)6)61(103)83-47(28-49(72)92)63(105)80-41(19-17-23-75-69(73)74)58(100)82-44(25-33(3)4)60(102)79-40(18-15-16-22-70)59(101)87-53(36(9)10)66(108)76-30-52(96)97/h32-48,53-55,90-91H,15-31,70-71H2,1-14H3,(H2,72,92)(H,76,108)(H,77,99)(H,78,93)(H,79,102)(H,80,105)(H,81,98)(H,82,100)(H,83,103)(H,84,109)(H,85,110)(H,86,104)(H,87,101)(H,88,106)(H,89,107)(H,94,95)(H,96,97)(H4,73,74,75)/t38-,39+,40-,41-,42-,43-,44-,45-,46-,47-,48-,53-,54-,55-/m0/s1. The Kier molecular flexibility index (Phi) is 46.9. The number of hydrogen-bond acceptors (Lipinski definition) is 22. The number of aliphatic hydroxyl groups is 2. The summed E-state index contributed by atoms with van der Waals surface area (Å²) in [7, 11) is 0. The first-order chi connectivity index (χ1) is 51.2. The minimum atomic E-state index is -1.89. The molecule has 0 heterocycles. The Hall–Kier alpha value is -9.90. The third kappa shape index (κ3) is 40.0. The third-order valence-corrected chi connectivity index (χ3v) is 16.6. The Bertz CT molecular complexity index is 3130. The topological polar surface area (TPSA) is 682 Å². The predicted molar refractivity (Wildman–Crippen MR) is 400 cm³/mol. The molecule has 0 aliphatic rings. The van der Waals surface area contributed by atoms with E-state index in [-0.39, 0.29) is 94.1 Å². The third-order valence-electron chi connectivity index (χ3n) is 16.6. The fraction of sp³-hybridized carbons (Fsp3) is 0.739. The van der Waals surface area contributed by atoms with Crippen molar-refractivity contribution in [2.45, 2.75) is 259 Å². The molecule has 0 bridgehead atoms. The summed E-state index contributed by atoms with van der Waals surface area (Å²) in [5, 5.41) is 73.9. The molecule has 0 aromatic heterocycles. The zero-order valence-corrected chi connectivity index (χ0v) is 65.6. The van der Waals surface area contributed by atoms with Crippen LogP contribution in [0.4, 0.5) is 0 Å². The van der Waals surface area contributed by atoms with E-state index >= 15 is 0 Å². The van der Waals surface area contributed by atoms with E-state index in [0.717, 1.165) is 6.92 Å². The van der Waals surface area contributed by atoms with E-state index in [0.29, 0.717) is 12.8 Å². The van der Waals surface area contributed by atoms with Gasteiger partial charge in [-0.15, -0.1) is 0 Å². The monoisotopic (exact) mass is 1570 g/mol. The fourth-order valence-corrected chi connectivity index (χ4v) is 10.8. The molecular weight excluding hydrogens is 1440 g/mol. The molecule has 15 amide bonds. The van der Waals surface area contributed by atoms with Crippen LogP contribution < -0.4 is 103 Å². The summed E-state index contributed by atoms with van der Waals surface area (Å²) in [5.41, 5.74) is 27.8. The molecule has 41 nitrogen and oxygen atoms in total. The van der Waals surface area contributed by atoms with Crippen LogP contribution in [0.1, 0.15) is 174 Å². The average Bonchev–Trinajstić information content (AvgIpc) is 0.857. The number of hydrogen-bond donors (Lipinski definition) is 23. The summed E-state index contributed by atoms with van der Waals surface area (Å²) in [5.74, 6) is -20.2. The number of nitrogens with one attached hydrogen (secondary N) is 14. The lowest BCUT2D eigenvalue weighted by Crippen LogP contribution is -2.63. The molecule has 14 atom stereocenters. The molecule has 41 heteroatoms. The molecule has 0 unspecified atom stereocenters. The van der Waals surface area contributed by atoms with Gasteiger partial charge in [0.2, 0.25) is 88.6 Å². The summed E-state index contributed by atoms with van der Waals surface area (Å²) in [6, 6.07) is -19.8. The van der Waals surface area contributed by atoms with E-state index < -0.39 is 230 Å². The Labute approximate surface area is 641 Å². The van der Waals surface area contributed by atoms with Crippen LogP contribution in [-0.2, 0) is 81.5 Å². The van der Waals surface area contributed by atoms with Crippen LogP contribution >= 0.6 is 0 Å². The van der Waals surface area contributed by atoms with Gasteiger partial charge in [-0.2, -0.15) is 0 Å². The van der Waals surface area contributed by atoms with E-state index in [4.69, 9.17) is 38.9 Å². The lowest BCUT2D eigenvalue weighted by atomic mass is 9.98. The van der Waals surface area contributed by atoms with Crippen LogP contribution in [0.15, 0.2) is 4.99 Å². The smallest absolute Gasteiger partial charge is 0.322 e. The Balaban J connectivity index is 7.00. The first kappa shape index (κ1) is 100. The predicted octanol–water partition coefficient (Wildman–Crippen LogP) is -6.74. The molecule has 626 valence electrons. The Morgan fingerprint density at radius 3 is 1.11 bits per heavy atom. The second-order valence-corrected chi connectivity index (χ2v) is 29.4. The second kappa shape index (κ2) is 51.5. The lowest BCUT2D eigenvalue weighted by molar-refractivity contribution is -0.139. The van der Waals surface area contributed by atoms with Crippen molar-refractivity contribution in [2.24, 2.45) is 69.2 Å². The van der Waals surface area contributed by atoms with E-state index in [1.54, 1.807) is 83.1 Å². The number of unbranched alkanes of at least 4 members (excludes halogenated alkanes) is 1. The van der Waals surface area contributed by atoms with Crippen molar-refractivity contribution in [3.8, 4) is 0 Å². The van der Waals surface area contributed by atoms with Gasteiger partial charge in [0.15, 0.2) is 5.96 Å². The normalized spacial score (nSPS) is 15.1. The zero-order chi connectivity index (χ0) is 84.6. The molecule has 0 aromatic rings. The number of carboxylic acids is 2. The molecule has 0 aliphatic heterocycles. The Morgan fingerprint density at radius 1 is 0.364 bits per heavy atom. The van der Waals surface area contributed by atoms with Gasteiger partial charge in [0.25, 0.3) is 0 Å². The number of carboxylic acid groups (broad SMARTS) is 2. The van der Waals surface area contributed by atoms with E-state index in [2.05, 4.69) is 79.4 Å². The van der Waals surface area contributed by atoms with E-state index in [1.165, 1.54) is 6.92 Å². The Morgan fingerprint density at radius 2 is 0.709 bits per heavy atom. The fourth-order valence-electron chi connectivity index (χ4n) is 10.8. The number of carbonyl (C=O) groups is 17. The molecule has 0 aromatic carbocycles. The highest BCUT2D eigenvalue weighted by Gasteiger charge is 2.40. The van der Waals surface area contributed by atoms with Crippen LogP contribution in [0.3, 0.4) is 0 Å². The number of aliphatic hydroxyl groups excluding tert-OH is 2. The summed E-state index contributed by atoms with van der Waals surface area (Å²) in [6.45, 7) is 20.1. The zero-order valence-electron chi connectivity index (χ0n) is 65.6. The molecule has 110 heavy (non-hydrogen) atoms. The van der Waals surface area contributed by atoms with Crippen molar-refractivity contribution in [2.75, 3.05) is 32.8 Å². The first-order valence-corrected chi connectivity index (χ1v) is 36.9. The van der Waals surface area contributed by atoms with Crippen molar-refractivity contribution < 1.29 is 102 Å². The highest BCUT2D eigenvalue weighted by molar-refractivity contribution is 6.01. The number of primary amides is 1. The largest absolute Gasteiger partial charge is 0.481 e.